The average Bonchev–Trinajstić information content (AvgIpc) is 2.49. The highest BCUT2D eigenvalue weighted by Gasteiger charge is 2.37. The zero-order valence-corrected chi connectivity index (χ0v) is 12.5. The second-order valence-electron chi connectivity index (χ2n) is 5.49. The fraction of sp³-hybridized carbons (Fsp3) is 0.400. The molecular weight excluding hydrogens is 284 g/mol. The van der Waals surface area contributed by atoms with Gasteiger partial charge in [0.15, 0.2) is 0 Å². The molecule has 0 aromatic heterocycles. The molecule has 1 aromatic rings. The number of guanidine groups is 1. The SMILES string of the molecule is CC1(N)CCCN(/C(N)=N/C(=O)OCc2ccccc2)C1=O. The minimum absolute atomic E-state index is 0.0962. The molecule has 1 heterocycles. The van der Waals surface area contributed by atoms with Crippen LogP contribution in [0.1, 0.15) is 25.3 Å². The third-order valence-electron chi connectivity index (χ3n) is 3.50. The van der Waals surface area contributed by atoms with Crippen LogP contribution in [-0.4, -0.2) is 34.9 Å². The number of piperidine rings is 1. The molecule has 1 unspecified atom stereocenters. The minimum atomic E-state index is -0.980. The number of rotatable bonds is 2. The molecule has 22 heavy (non-hydrogen) atoms. The number of amides is 2. The number of ether oxygens (including phenoxy) is 1. The van der Waals surface area contributed by atoms with Gasteiger partial charge in [-0.25, -0.2) is 4.79 Å². The summed E-state index contributed by atoms with van der Waals surface area (Å²) in [5, 5.41) is 0. The van der Waals surface area contributed by atoms with Crippen LogP contribution in [0.5, 0.6) is 0 Å². The average molecular weight is 304 g/mol. The Bertz CT molecular complexity index is 584. The molecule has 2 rings (SSSR count). The number of hydrogen-bond donors (Lipinski definition) is 2. The number of benzene rings is 1. The highest BCUT2D eigenvalue weighted by molar-refractivity contribution is 6.03. The normalized spacial score (nSPS) is 22.5. The Balaban J connectivity index is 1.96. The van der Waals surface area contributed by atoms with Crippen LogP contribution >= 0.6 is 0 Å². The highest BCUT2D eigenvalue weighted by atomic mass is 16.5. The zero-order chi connectivity index (χ0) is 16.2. The van der Waals surface area contributed by atoms with Crippen molar-refractivity contribution in [1.82, 2.24) is 4.90 Å². The van der Waals surface area contributed by atoms with E-state index in [4.69, 9.17) is 16.2 Å². The summed E-state index contributed by atoms with van der Waals surface area (Å²) in [6, 6.07) is 9.21. The Labute approximate surface area is 128 Å². The third kappa shape index (κ3) is 3.82. The second-order valence-corrected chi connectivity index (χ2v) is 5.49. The quantitative estimate of drug-likeness (QED) is 0.625. The molecule has 1 atom stereocenters. The van der Waals surface area contributed by atoms with Crippen molar-refractivity contribution in [3.63, 3.8) is 0 Å². The van der Waals surface area contributed by atoms with E-state index in [1.807, 2.05) is 30.3 Å². The van der Waals surface area contributed by atoms with E-state index < -0.39 is 11.6 Å². The van der Waals surface area contributed by atoms with Gasteiger partial charge >= 0.3 is 6.09 Å². The molecule has 7 nitrogen and oxygen atoms in total. The Morgan fingerprint density at radius 2 is 2.09 bits per heavy atom. The Kier molecular flexibility index (Phi) is 4.77. The highest BCUT2D eigenvalue weighted by Crippen LogP contribution is 2.19. The van der Waals surface area contributed by atoms with Gasteiger partial charge in [0.1, 0.15) is 6.61 Å². The lowest BCUT2D eigenvalue weighted by molar-refractivity contribution is -0.134. The lowest BCUT2D eigenvalue weighted by atomic mass is 9.91. The number of aliphatic imine (C=N–C) groups is 1. The number of carbonyl (C=O) groups excluding carboxylic acids is 2. The predicted octanol–water partition coefficient (Wildman–Crippen LogP) is 0.978. The smallest absolute Gasteiger partial charge is 0.437 e. The van der Waals surface area contributed by atoms with Gasteiger partial charge in [0.25, 0.3) is 0 Å². The van der Waals surface area contributed by atoms with E-state index >= 15 is 0 Å². The van der Waals surface area contributed by atoms with Crippen molar-refractivity contribution < 1.29 is 14.3 Å². The maximum atomic E-state index is 12.1. The third-order valence-corrected chi connectivity index (χ3v) is 3.50. The molecule has 1 aliphatic rings. The molecular formula is C15H20N4O3. The molecule has 4 N–H and O–H groups in total. The Morgan fingerprint density at radius 1 is 1.41 bits per heavy atom. The lowest BCUT2D eigenvalue weighted by Gasteiger charge is -2.35. The summed E-state index contributed by atoms with van der Waals surface area (Å²) < 4.78 is 5.00. The molecule has 7 heteroatoms. The van der Waals surface area contributed by atoms with Crippen LogP contribution in [0.25, 0.3) is 0 Å². The molecule has 0 saturated carbocycles. The molecule has 118 valence electrons. The lowest BCUT2D eigenvalue weighted by Crippen LogP contribution is -2.60. The first-order valence-electron chi connectivity index (χ1n) is 7.06. The maximum Gasteiger partial charge on any atom is 0.437 e. The van der Waals surface area contributed by atoms with Gasteiger partial charge in [0.2, 0.25) is 11.9 Å². The van der Waals surface area contributed by atoms with Gasteiger partial charge in [0.05, 0.1) is 5.54 Å². The molecule has 1 saturated heterocycles. The minimum Gasteiger partial charge on any atom is -0.443 e. The topological polar surface area (TPSA) is 111 Å². The van der Waals surface area contributed by atoms with E-state index in [0.29, 0.717) is 19.4 Å². The van der Waals surface area contributed by atoms with Crippen molar-refractivity contribution in [1.29, 1.82) is 0 Å². The molecule has 1 aliphatic heterocycles. The number of likely N-dealkylation sites (tertiary alicyclic amines) is 1. The summed E-state index contributed by atoms with van der Waals surface area (Å²) in [4.78, 5) is 28.7. The predicted molar refractivity (Wildman–Crippen MR) is 81.8 cm³/mol. The van der Waals surface area contributed by atoms with Crippen molar-refractivity contribution >= 4 is 18.0 Å². The first-order valence-corrected chi connectivity index (χ1v) is 7.06. The molecule has 2 amide bonds. The van der Waals surface area contributed by atoms with Crippen molar-refractivity contribution in [2.45, 2.75) is 31.9 Å². The summed E-state index contributed by atoms with van der Waals surface area (Å²) in [7, 11) is 0. The van der Waals surface area contributed by atoms with E-state index in [1.54, 1.807) is 6.92 Å². The summed E-state index contributed by atoms with van der Waals surface area (Å²) in [6.45, 7) is 2.13. The first kappa shape index (κ1) is 16.0. The number of nitrogens with zero attached hydrogens (tertiary/aromatic N) is 2. The Morgan fingerprint density at radius 3 is 2.77 bits per heavy atom. The van der Waals surface area contributed by atoms with Crippen LogP contribution in [-0.2, 0) is 16.1 Å². The standard InChI is InChI=1S/C15H20N4O3/c1-15(17)8-5-9-19(12(15)20)13(16)18-14(21)22-10-11-6-3-2-4-7-11/h2-4,6-7H,5,8-10,17H2,1H3,(H2,16,18,21). The van der Waals surface area contributed by atoms with Crippen molar-refractivity contribution in [2.24, 2.45) is 16.5 Å². The van der Waals surface area contributed by atoms with Crippen LogP contribution in [0.15, 0.2) is 35.3 Å². The van der Waals surface area contributed by atoms with Gasteiger partial charge in [0, 0.05) is 6.54 Å². The van der Waals surface area contributed by atoms with E-state index in [-0.39, 0.29) is 18.5 Å². The number of nitrogens with two attached hydrogens (primary N) is 2. The van der Waals surface area contributed by atoms with Gasteiger partial charge < -0.3 is 16.2 Å². The number of carbonyl (C=O) groups is 2. The fourth-order valence-electron chi connectivity index (χ4n) is 2.25. The second kappa shape index (κ2) is 6.57. The monoisotopic (exact) mass is 304 g/mol. The van der Waals surface area contributed by atoms with Gasteiger partial charge in [-0.05, 0) is 25.3 Å². The zero-order valence-electron chi connectivity index (χ0n) is 12.5. The first-order chi connectivity index (χ1) is 10.4. The molecule has 0 aliphatic carbocycles. The molecule has 0 spiro atoms. The maximum absolute atomic E-state index is 12.1. The van der Waals surface area contributed by atoms with Crippen LogP contribution in [0.2, 0.25) is 0 Å². The summed E-state index contributed by atoms with van der Waals surface area (Å²) >= 11 is 0. The molecule has 1 fully saturated rings. The summed E-state index contributed by atoms with van der Waals surface area (Å²) in [5.41, 5.74) is 11.5. The number of hydrogen-bond acceptors (Lipinski definition) is 4. The largest absolute Gasteiger partial charge is 0.443 e. The summed E-state index contributed by atoms with van der Waals surface area (Å²) in [6.07, 6.45) is 0.445. The molecule has 0 radical (unpaired) electrons. The van der Waals surface area contributed by atoms with Crippen LogP contribution in [0.3, 0.4) is 0 Å². The molecule has 1 aromatic carbocycles. The van der Waals surface area contributed by atoms with Gasteiger partial charge in [-0.15, -0.1) is 4.99 Å². The van der Waals surface area contributed by atoms with Crippen molar-refractivity contribution in [3.8, 4) is 0 Å². The van der Waals surface area contributed by atoms with E-state index in [1.165, 1.54) is 4.90 Å². The van der Waals surface area contributed by atoms with Gasteiger partial charge in [-0.3, -0.25) is 9.69 Å². The fourth-order valence-corrected chi connectivity index (χ4v) is 2.25. The van der Waals surface area contributed by atoms with E-state index in [2.05, 4.69) is 4.99 Å². The van der Waals surface area contributed by atoms with Gasteiger partial charge in [-0.2, -0.15) is 0 Å². The Hall–Kier alpha value is -2.41. The summed E-state index contributed by atoms with van der Waals surface area (Å²) in [5.74, 6) is -0.518. The van der Waals surface area contributed by atoms with Crippen molar-refractivity contribution in [2.75, 3.05) is 6.54 Å². The van der Waals surface area contributed by atoms with Crippen LogP contribution in [0.4, 0.5) is 4.79 Å². The van der Waals surface area contributed by atoms with Crippen LogP contribution < -0.4 is 11.5 Å². The van der Waals surface area contributed by atoms with Gasteiger partial charge in [-0.1, -0.05) is 30.3 Å². The van der Waals surface area contributed by atoms with E-state index in [0.717, 1.165) is 5.56 Å². The molecule has 0 bridgehead atoms. The van der Waals surface area contributed by atoms with Crippen molar-refractivity contribution in [3.05, 3.63) is 35.9 Å². The van der Waals surface area contributed by atoms with E-state index in [9.17, 15) is 9.59 Å². The van der Waals surface area contributed by atoms with Crippen LogP contribution in [0, 0.1) is 0 Å².